The van der Waals surface area contributed by atoms with Crippen LogP contribution in [0.1, 0.15) is 0 Å². The highest BCUT2D eigenvalue weighted by molar-refractivity contribution is 5.98. The summed E-state index contributed by atoms with van der Waals surface area (Å²) in [5, 5.41) is 11.8. The Bertz CT molecular complexity index is 1170. The zero-order valence-corrected chi connectivity index (χ0v) is 15.3. The van der Waals surface area contributed by atoms with Gasteiger partial charge in [0.15, 0.2) is 5.82 Å². The van der Waals surface area contributed by atoms with Gasteiger partial charge in [0.25, 0.3) is 0 Å². The molecule has 134 valence electrons. The summed E-state index contributed by atoms with van der Waals surface area (Å²) >= 11 is 0. The number of nitrogens with one attached hydrogen (secondary N) is 2. The molecule has 0 aliphatic carbocycles. The van der Waals surface area contributed by atoms with Gasteiger partial charge in [-0.3, -0.25) is 0 Å². The van der Waals surface area contributed by atoms with E-state index in [1.54, 1.807) is 0 Å². The van der Waals surface area contributed by atoms with Gasteiger partial charge >= 0.3 is 0 Å². The maximum atomic E-state index is 4.58. The summed E-state index contributed by atoms with van der Waals surface area (Å²) in [5.74, 6) is 0.798. The monoisotopic (exact) mass is 361 g/mol. The minimum absolute atomic E-state index is 0.798. The molecule has 5 rings (SSSR count). The van der Waals surface area contributed by atoms with Crippen LogP contribution in [-0.4, -0.2) is 4.98 Å². The molecule has 0 saturated heterocycles. The Kier molecular flexibility index (Phi) is 4.11. The summed E-state index contributed by atoms with van der Waals surface area (Å²) in [4.78, 5) is 4.58. The van der Waals surface area contributed by atoms with Crippen molar-refractivity contribution < 1.29 is 0 Å². The number of pyridine rings is 1. The van der Waals surface area contributed by atoms with E-state index < -0.39 is 0 Å². The van der Waals surface area contributed by atoms with E-state index in [2.05, 4.69) is 101 Å². The molecule has 5 aromatic rings. The molecule has 0 radical (unpaired) electrons. The highest BCUT2D eigenvalue weighted by atomic mass is 15.0. The van der Waals surface area contributed by atoms with E-state index in [0.29, 0.717) is 0 Å². The Morgan fingerprint density at radius 3 is 1.68 bits per heavy atom. The van der Waals surface area contributed by atoms with Gasteiger partial charge in [0, 0.05) is 28.3 Å². The van der Waals surface area contributed by atoms with Gasteiger partial charge in [0.1, 0.15) is 0 Å². The van der Waals surface area contributed by atoms with Crippen LogP contribution in [0, 0.1) is 0 Å². The van der Waals surface area contributed by atoms with Gasteiger partial charge in [-0.15, -0.1) is 0 Å². The van der Waals surface area contributed by atoms with Gasteiger partial charge in [0.05, 0.1) is 5.69 Å². The average Bonchev–Trinajstić information content (AvgIpc) is 2.76. The summed E-state index contributed by atoms with van der Waals surface area (Å²) in [7, 11) is 0. The number of nitrogens with zero attached hydrogens (tertiary/aromatic N) is 1. The predicted molar refractivity (Wildman–Crippen MR) is 119 cm³/mol. The summed E-state index contributed by atoms with van der Waals surface area (Å²) < 4.78 is 0. The Labute approximate surface area is 163 Å². The SMILES string of the molecule is c1cnc(Nc2cccc3ccccc23)c(Nc2cccc3ccccc23)c1. The van der Waals surface area contributed by atoms with E-state index in [1.165, 1.54) is 21.5 Å². The molecular formula is C25H19N3. The molecule has 1 aromatic heterocycles. The Morgan fingerprint density at radius 1 is 0.464 bits per heavy atom. The summed E-state index contributed by atoms with van der Waals surface area (Å²) in [6.45, 7) is 0. The van der Waals surface area contributed by atoms with Gasteiger partial charge in [0.2, 0.25) is 0 Å². The number of rotatable bonds is 4. The molecule has 2 N–H and O–H groups in total. The predicted octanol–water partition coefficient (Wildman–Crippen LogP) is 6.88. The second kappa shape index (κ2) is 7.05. The van der Waals surface area contributed by atoms with Gasteiger partial charge in [-0.2, -0.15) is 0 Å². The van der Waals surface area contributed by atoms with Crippen molar-refractivity contribution >= 4 is 44.4 Å². The van der Waals surface area contributed by atoms with Crippen LogP contribution in [0.5, 0.6) is 0 Å². The molecule has 0 aliphatic heterocycles. The first-order valence-electron chi connectivity index (χ1n) is 9.33. The highest BCUT2D eigenvalue weighted by Crippen LogP contribution is 2.32. The molecule has 0 aliphatic rings. The standard InChI is InChI=1S/C25H19N3/c1-3-12-20-18(8-1)10-5-14-22(20)27-24-16-7-17-26-25(24)28-23-15-6-11-19-9-2-4-13-21(19)23/h1-17,27H,(H,26,28). The fourth-order valence-electron chi connectivity index (χ4n) is 3.55. The van der Waals surface area contributed by atoms with Gasteiger partial charge < -0.3 is 10.6 Å². The van der Waals surface area contributed by atoms with Crippen LogP contribution in [0.15, 0.2) is 103 Å². The number of fused-ring (bicyclic) bond motifs is 2. The van der Waals surface area contributed by atoms with Crippen LogP contribution in [0.25, 0.3) is 21.5 Å². The van der Waals surface area contributed by atoms with Crippen molar-refractivity contribution in [3.63, 3.8) is 0 Å². The van der Waals surface area contributed by atoms with E-state index in [9.17, 15) is 0 Å². The van der Waals surface area contributed by atoms with E-state index in [1.807, 2.05) is 18.3 Å². The average molecular weight is 361 g/mol. The van der Waals surface area contributed by atoms with E-state index in [4.69, 9.17) is 0 Å². The molecule has 0 saturated carbocycles. The summed E-state index contributed by atoms with van der Waals surface area (Å²) in [6.07, 6.45) is 1.81. The molecule has 0 fully saturated rings. The zero-order valence-electron chi connectivity index (χ0n) is 15.3. The molecule has 0 amide bonds. The minimum Gasteiger partial charge on any atom is -0.352 e. The Morgan fingerprint density at radius 2 is 1.00 bits per heavy atom. The lowest BCUT2D eigenvalue weighted by Gasteiger charge is -2.15. The van der Waals surface area contributed by atoms with Crippen LogP contribution in [0.3, 0.4) is 0 Å². The topological polar surface area (TPSA) is 37.0 Å². The van der Waals surface area contributed by atoms with Crippen molar-refractivity contribution in [3.8, 4) is 0 Å². The zero-order chi connectivity index (χ0) is 18.8. The van der Waals surface area contributed by atoms with Crippen molar-refractivity contribution in [2.75, 3.05) is 10.6 Å². The number of aromatic nitrogens is 1. The van der Waals surface area contributed by atoms with Gasteiger partial charge in [-0.05, 0) is 35.0 Å². The maximum Gasteiger partial charge on any atom is 0.154 e. The van der Waals surface area contributed by atoms with Crippen molar-refractivity contribution in [1.29, 1.82) is 0 Å². The molecule has 3 nitrogen and oxygen atoms in total. The number of hydrogen-bond donors (Lipinski definition) is 2. The van der Waals surface area contributed by atoms with Crippen molar-refractivity contribution in [2.45, 2.75) is 0 Å². The Balaban J connectivity index is 1.54. The molecular weight excluding hydrogens is 342 g/mol. The molecule has 0 unspecified atom stereocenters. The van der Waals surface area contributed by atoms with Crippen molar-refractivity contribution in [1.82, 2.24) is 4.98 Å². The largest absolute Gasteiger partial charge is 0.352 e. The second-order valence-electron chi connectivity index (χ2n) is 6.70. The van der Waals surface area contributed by atoms with Gasteiger partial charge in [-0.25, -0.2) is 4.98 Å². The molecule has 28 heavy (non-hydrogen) atoms. The first-order chi connectivity index (χ1) is 13.9. The van der Waals surface area contributed by atoms with Crippen LogP contribution in [0.2, 0.25) is 0 Å². The van der Waals surface area contributed by atoms with E-state index in [-0.39, 0.29) is 0 Å². The van der Waals surface area contributed by atoms with Gasteiger partial charge in [-0.1, -0.05) is 72.8 Å². The van der Waals surface area contributed by atoms with Crippen LogP contribution < -0.4 is 10.6 Å². The summed E-state index contributed by atoms with van der Waals surface area (Å²) in [6, 6.07) is 33.3. The second-order valence-corrected chi connectivity index (χ2v) is 6.70. The minimum atomic E-state index is 0.798. The quantitative estimate of drug-likeness (QED) is 0.366. The lowest BCUT2D eigenvalue weighted by Crippen LogP contribution is -2.00. The molecule has 0 bridgehead atoms. The third-order valence-electron chi connectivity index (χ3n) is 4.91. The van der Waals surface area contributed by atoms with Crippen LogP contribution in [0.4, 0.5) is 22.9 Å². The normalized spacial score (nSPS) is 10.9. The molecule has 0 atom stereocenters. The van der Waals surface area contributed by atoms with Crippen molar-refractivity contribution in [3.05, 3.63) is 103 Å². The number of hydrogen-bond acceptors (Lipinski definition) is 3. The molecule has 0 spiro atoms. The lowest BCUT2D eigenvalue weighted by molar-refractivity contribution is 1.31. The smallest absolute Gasteiger partial charge is 0.154 e. The first kappa shape index (κ1) is 16.3. The van der Waals surface area contributed by atoms with Crippen LogP contribution in [-0.2, 0) is 0 Å². The fraction of sp³-hybridized carbons (Fsp3) is 0. The van der Waals surface area contributed by atoms with Crippen molar-refractivity contribution in [2.24, 2.45) is 0 Å². The first-order valence-corrected chi connectivity index (χ1v) is 9.33. The van der Waals surface area contributed by atoms with E-state index in [0.717, 1.165) is 22.9 Å². The molecule has 1 heterocycles. The third-order valence-corrected chi connectivity index (χ3v) is 4.91. The maximum absolute atomic E-state index is 4.58. The van der Waals surface area contributed by atoms with E-state index >= 15 is 0 Å². The molecule has 4 aromatic carbocycles. The number of benzene rings is 4. The third kappa shape index (κ3) is 3.03. The Hall–Kier alpha value is -3.85. The van der Waals surface area contributed by atoms with Crippen LogP contribution >= 0.6 is 0 Å². The molecule has 3 heteroatoms. The fourth-order valence-corrected chi connectivity index (χ4v) is 3.55. The summed E-state index contributed by atoms with van der Waals surface area (Å²) in [5.41, 5.74) is 3.04. The number of anilines is 4. The lowest BCUT2D eigenvalue weighted by atomic mass is 10.1. The highest BCUT2D eigenvalue weighted by Gasteiger charge is 2.08.